The van der Waals surface area contributed by atoms with E-state index in [0.717, 1.165) is 0 Å². The molecule has 0 radical (unpaired) electrons. The summed E-state index contributed by atoms with van der Waals surface area (Å²) in [5.74, 6) is -0.577. The highest BCUT2D eigenvalue weighted by molar-refractivity contribution is 6.44. The van der Waals surface area contributed by atoms with E-state index in [4.69, 9.17) is 44.3 Å². The van der Waals surface area contributed by atoms with Crippen LogP contribution in [0.4, 0.5) is 10.1 Å². The highest BCUT2D eigenvalue weighted by atomic mass is 35.5. The number of benzene rings is 3. The van der Waals surface area contributed by atoms with Crippen LogP contribution in [0.25, 0.3) is 6.08 Å². The number of hydrogen-bond acceptors (Lipinski definition) is 4. The Morgan fingerprint density at radius 3 is 2.56 bits per heavy atom. The molecule has 0 heterocycles. The van der Waals surface area contributed by atoms with Crippen molar-refractivity contribution in [1.29, 1.82) is 5.26 Å². The third kappa shape index (κ3) is 6.21. The molecule has 0 saturated heterocycles. The lowest BCUT2D eigenvalue weighted by molar-refractivity contribution is -0.112. The van der Waals surface area contributed by atoms with E-state index in [1.807, 2.05) is 6.07 Å². The van der Waals surface area contributed by atoms with Crippen molar-refractivity contribution in [2.75, 3.05) is 11.9 Å². The van der Waals surface area contributed by atoms with Gasteiger partial charge in [0.05, 0.1) is 27.4 Å². The lowest BCUT2D eigenvalue weighted by atomic mass is 10.1. The normalized spacial score (nSPS) is 11.0. The van der Waals surface area contributed by atoms with E-state index in [9.17, 15) is 14.4 Å². The average Bonchev–Trinajstić information content (AvgIpc) is 2.81. The zero-order valence-electron chi connectivity index (χ0n) is 17.9. The highest BCUT2D eigenvalue weighted by Gasteiger charge is 2.16. The van der Waals surface area contributed by atoms with Crippen LogP contribution in [0.2, 0.25) is 15.1 Å². The zero-order chi connectivity index (χ0) is 24.7. The largest absolute Gasteiger partial charge is 0.490 e. The smallest absolute Gasteiger partial charge is 0.266 e. The van der Waals surface area contributed by atoms with Crippen LogP contribution in [0, 0.1) is 17.1 Å². The van der Waals surface area contributed by atoms with Crippen LogP contribution < -0.4 is 14.8 Å². The van der Waals surface area contributed by atoms with Gasteiger partial charge in [-0.15, -0.1) is 0 Å². The van der Waals surface area contributed by atoms with Crippen molar-refractivity contribution < 1.29 is 18.7 Å². The van der Waals surface area contributed by atoms with Crippen LogP contribution >= 0.6 is 34.8 Å². The first-order valence-electron chi connectivity index (χ1n) is 10.0. The Bertz CT molecular complexity index is 1290. The van der Waals surface area contributed by atoms with E-state index in [1.165, 1.54) is 18.2 Å². The van der Waals surface area contributed by atoms with Crippen molar-refractivity contribution in [2.45, 2.75) is 13.5 Å². The van der Waals surface area contributed by atoms with Gasteiger partial charge in [0.1, 0.15) is 24.1 Å². The minimum atomic E-state index is -0.680. The molecule has 3 aromatic rings. The van der Waals surface area contributed by atoms with Crippen LogP contribution in [-0.4, -0.2) is 12.5 Å². The van der Waals surface area contributed by atoms with Crippen molar-refractivity contribution in [2.24, 2.45) is 0 Å². The second-order valence-electron chi connectivity index (χ2n) is 6.87. The third-order valence-corrected chi connectivity index (χ3v) is 5.64. The second-order valence-corrected chi connectivity index (χ2v) is 8.06. The number of carbonyl (C=O) groups is 1. The van der Waals surface area contributed by atoms with Crippen molar-refractivity contribution in [3.8, 4) is 17.6 Å². The lowest BCUT2D eigenvalue weighted by Gasteiger charge is -2.15. The molecule has 3 aromatic carbocycles. The van der Waals surface area contributed by atoms with Crippen molar-refractivity contribution >= 4 is 52.5 Å². The molecule has 0 unspecified atom stereocenters. The van der Waals surface area contributed by atoms with Gasteiger partial charge in [0.25, 0.3) is 5.91 Å². The molecule has 3 rings (SSSR count). The van der Waals surface area contributed by atoms with Crippen LogP contribution in [0.3, 0.4) is 0 Å². The molecule has 0 aliphatic rings. The summed E-state index contributed by atoms with van der Waals surface area (Å²) in [7, 11) is 0. The number of nitrogens with one attached hydrogen (secondary N) is 1. The summed E-state index contributed by atoms with van der Waals surface area (Å²) >= 11 is 18.5. The summed E-state index contributed by atoms with van der Waals surface area (Å²) in [5, 5.41) is 12.7. The molecule has 0 atom stereocenters. The summed E-state index contributed by atoms with van der Waals surface area (Å²) < 4.78 is 25.3. The number of hydrogen-bond donors (Lipinski definition) is 1. The summed E-state index contributed by atoms with van der Waals surface area (Å²) in [4.78, 5) is 12.6. The van der Waals surface area contributed by atoms with Crippen LogP contribution in [0.1, 0.15) is 18.1 Å². The molecule has 0 bridgehead atoms. The van der Waals surface area contributed by atoms with Crippen LogP contribution in [0.5, 0.6) is 11.5 Å². The Morgan fingerprint density at radius 2 is 1.85 bits per heavy atom. The summed E-state index contributed by atoms with van der Waals surface area (Å²) in [6.07, 6.45) is 1.35. The maximum atomic E-state index is 13.9. The average molecular weight is 520 g/mol. The first-order chi connectivity index (χ1) is 16.3. The van der Waals surface area contributed by atoms with Gasteiger partial charge in [-0.3, -0.25) is 4.79 Å². The standard InChI is InChI=1S/C25H18Cl3FN2O3/c1-2-33-22-12-15(11-19(27)24(22)34-14-16-6-3-4-8-20(16)29)10-17(13-30)25(32)31-21-9-5-7-18(26)23(21)28/h3-12H,2,14H2,1H3,(H,31,32)/b17-10+. The van der Waals surface area contributed by atoms with Gasteiger partial charge in [0.15, 0.2) is 11.5 Å². The molecule has 0 saturated carbocycles. The summed E-state index contributed by atoms with van der Waals surface area (Å²) in [5.41, 5.74) is 0.850. The van der Waals surface area contributed by atoms with Gasteiger partial charge in [0, 0.05) is 5.56 Å². The SMILES string of the molecule is CCOc1cc(/C=C(\C#N)C(=O)Nc2cccc(Cl)c2Cl)cc(Cl)c1OCc1ccccc1F. The Balaban J connectivity index is 1.87. The van der Waals surface area contributed by atoms with Gasteiger partial charge >= 0.3 is 0 Å². The molecule has 0 aliphatic carbocycles. The second kappa shape index (κ2) is 11.8. The van der Waals surface area contributed by atoms with Crippen LogP contribution in [0.15, 0.2) is 60.2 Å². The fraction of sp³-hybridized carbons (Fsp3) is 0.120. The molecule has 0 aromatic heterocycles. The van der Waals surface area contributed by atoms with Crippen molar-refractivity contribution in [3.05, 3.63) is 92.2 Å². The number of nitrogens with zero attached hydrogens (tertiary/aromatic N) is 1. The van der Waals surface area contributed by atoms with Gasteiger partial charge < -0.3 is 14.8 Å². The van der Waals surface area contributed by atoms with E-state index in [1.54, 1.807) is 49.4 Å². The van der Waals surface area contributed by atoms with Crippen molar-refractivity contribution in [3.63, 3.8) is 0 Å². The topological polar surface area (TPSA) is 71.3 Å². The Kier molecular flexibility index (Phi) is 8.78. The fourth-order valence-electron chi connectivity index (χ4n) is 2.94. The highest BCUT2D eigenvalue weighted by Crippen LogP contribution is 2.38. The number of nitriles is 1. The molecule has 9 heteroatoms. The molecule has 0 aliphatic heterocycles. The van der Waals surface area contributed by atoms with E-state index in [-0.39, 0.29) is 44.4 Å². The molecule has 1 amide bonds. The third-order valence-electron chi connectivity index (χ3n) is 4.54. The van der Waals surface area contributed by atoms with Gasteiger partial charge in [-0.05, 0) is 48.9 Å². The number of carbonyl (C=O) groups excluding carboxylic acids is 1. The Morgan fingerprint density at radius 1 is 1.09 bits per heavy atom. The summed E-state index contributed by atoms with van der Waals surface area (Å²) in [6, 6.07) is 15.9. The molecule has 0 fully saturated rings. The molecule has 34 heavy (non-hydrogen) atoms. The Hall–Kier alpha value is -3.24. The maximum Gasteiger partial charge on any atom is 0.266 e. The molecular weight excluding hydrogens is 502 g/mol. The van der Waals surface area contributed by atoms with Gasteiger partial charge in [-0.25, -0.2) is 4.39 Å². The number of ether oxygens (including phenoxy) is 2. The monoisotopic (exact) mass is 518 g/mol. The number of halogens is 4. The van der Waals surface area contributed by atoms with Gasteiger partial charge in [-0.2, -0.15) is 5.26 Å². The number of rotatable bonds is 8. The zero-order valence-corrected chi connectivity index (χ0v) is 20.1. The molecular formula is C25H18Cl3FN2O3. The minimum Gasteiger partial charge on any atom is -0.490 e. The van der Waals surface area contributed by atoms with E-state index >= 15 is 0 Å². The number of anilines is 1. The molecule has 1 N–H and O–H groups in total. The fourth-order valence-corrected chi connectivity index (χ4v) is 3.57. The van der Waals surface area contributed by atoms with Gasteiger partial charge in [-0.1, -0.05) is 59.1 Å². The Labute approximate surface area is 211 Å². The van der Waals surface area contributed by atoms with E-state index < -0.39 is 11.7 Å². The van der Waals surface area contributed by atoms with Gasteiger partial charge in [0.2, 0.25) is 0 Å². The van der Waals surface area contributed by atoms with Crippen molar-refractivity contribution in [1.82, 2.24) is 0 Å². The minimum absolute atomic E-state index is 0.0616. The number of amides is 1. The quantitative estimate of drug-likeness (QED) is 0.250. The summed E-state index contributed by atoms with van der Waals surface area (Å²) in [6.45, 7) is 2.02. The van der Waals surface area contributed by atoms with E-state index in [0.29, 0.717) is 17.7 Å². The predicted octanol–water partition coefficient (Wildman–Crippen LogP) is 7.31. The molecule has 5 nitrogen and oxygen atoms in total. The molecule has 0 spiro atoms. The van der Waals surface area contributed by atoms with E-state index in [2.05, 4.69) is 5.32 Å². The maximum absolute atomic E-state index is 13.9. The first kappa shape index (κ1) is 25.4. The predicted molar refractivity (Wildman–Crippen MR) is 132 cm³/mol. The van der Waals surface area contributed by atoms with Crippen LogP contribution in [-0.2, 0) is 11.4 Å². The molecule has 174 valence electrons. The lowest BCUT2D eigenvalue weighted by Crippen LogP contribution is -2.13. The first-order valence-corrected chi connectivity index (χ1v) is 11.2.